The third kappa shape index (κ3) is 5.20. The highest BCUT2D eigenvalue weighted by Crippen LogP contribution is 2.31. The summed E-state index contributed by atoms with van der Waals surface area (Å²) >= 11 is 1.41. The molecule has 1 amide bonds. The van der Waals surface area contributed by atoms with Crippen LogP contribution < -0.4 is 4.90 Å². The van der Waals surface area contributed by atoms with Gasteiger partial charge in [0.2, 0.25) is 5.91 Å². The Labute approximate surface area is 175 Å². The molecule has 0 unspecified atom stereocenters. The van der Waals surface area contributed by atoms with Crippen LogP contribution in [0.4, 0.5) is 5.13 Å². The van der Waals surface area contributed by atoms with Crippen LogP contribution in [0.15, 0.2) is 53.4 Å². The van der Waals surface area contributed by atoms with E-state index in [1.807, 2.05) is 44.1 Å². The van der Waals surface area contributed by atoms with E-state index in [4.69, 9.17) is 0 Å². The van der Waals surface area contributed by atoms with Crippen LogP contribution in [0.25, 0.3) is 10.2 Å². The number of hydrogen-bond donors (Lipinski definition) is 0. The second-order valence-corrected chi connectivity index (χ2v) is 10.2. The van der Waals surface area contributed by atoms with Gasteiger partial charge in [-0.2, -0.15) is 0 Å². The van der Waals surface area contributed by atoms with Gasteiger partial charge < -0.3 is 4.90 Å². The fourth-order valence-corrected chi connectivity index (χ4v) is 5.32. The normalized spacial score (nSPS) is 11.9. The summed E-state index contributed by atoms with van der Waals surface area (Å²) in [5.41, 5.74) is 1.88. The number of para-hydroxylation sites is 1. The Morgan fingerprint density at radius 1 is 1.03 bits per heavy atom. The minimum absolute atomic E-state index is 0.154. The maximum absolute atomic E-state index is 13.1. The molecule has 0 N–H and O–H groups in total. The number of benzene rings is 2. The highest BCUT2D eigenvalue weighted by atomic mass is 32.2. The molecule has 1 heterocycles. The number of sulfone groups is 1. The Hall–Kier alpha value is -2.29. The zero-order valence-corrected chi connectivity index (χ0v) is 18.5. The Kier molecular flexibility index (Phi) is 6.66. The first-order chi connectivity index (χ1) is 13.8. The predicted octanol–water partition coefficient (Wildman–Crippen LogP) is 3.36. The molecule has 0 saturated heterocycles. The highest BCUT2D eigenvalue weighted by molar-refractivity contribution is 7.92. The van der Waals surface area contributed by atoms with E-state index in [-0.39, 0.29) is 4.90 Å². The molecule has 3 rings (SSSR count). The number of thiazole rings is 1. The number of amides is 1. The topological polar surface area (TPSA) is 70.6 Å². The molecule has 0 fully saturated rings. The van der Waals surface area contributed by atoms with Crippen LogP contribution in [0.2, 0.25) is 0 Å². The molecule has 0 radical (unpaired) electrons. The Bertz CT molecular complexity index is 1090. The average molecular weight is 432 g/mol. The Morgan fingerprint density at radius 3 is 2.41 bits per heavy atom. The number of aryl methyl sites for hydroxylation is 1. The molecular weight excluding hydrogens is 406 g/mol. The van der Waals surface area contributed by atoms with Crippen LogP contribution in [-0.2, 0) is 14.6 Å². The van der Waals surface area contributed by atoms with Crippen molar-refractivity contribution in [3.8, 4) is 0 Å². The van der Waals surface area contributed by atoms with Gasteiger partial charge in [-0.1, -0.05) is 41.7 Å². The van der Waals surface area contributed by atoms with Crippen LogP contribution in [-0.4, -0.2) is 57.1 Å². The van der Waals surface area contributed by atoms with Gasteiger partial charge in [-0.25, -0.2) is 13.4 Å². The number of hydrogen-bond acceptors (Lipinski definition) is 6. The van der Waals surface area contributed by atoms with Crippen LogP contribution in [0.3, 0.4) is 0 Å². The lowest BCUT2D eigenvalue weighted by atomic mass is 10.2. The molecule has 6 nitrogen and oxygen atoms in total. The van der Waals surface area contributed by atoms with Crippen molar-refractivity contribution in [2.24, 2.45) is 0 Å². The van der Waals surface area contributed by atoms with Gasteiger partial charge in [0.1, 0.15) is 5.75 Å². The summed E-state index contributed by atoms with van der Waals surface area (Å²) in [5, 5.41) is 0.543. The lowest BCUT2D eigenvalue weighted by Gasteiger charge is -2.21. The van der Waals surface area contributed by atoms with E-state index in [0.29, 0.717) is 11.7 Å². The molecule has 29 heavy (non-hydrogen) atoms. The summed E-state index contributed by atoms with van der Waals surface area (Å²) in [5.74, 6) is -1.03. The van der Waals surface area contributed by atoms with E-state index < -0.39 is 21.5 Å². The van der Waals surface area contributed by atoms with Crippen molar-refractivity contribution in [1.82, 2.24) is 9.88 Å². The van der Waals surface area contributed by atoms with Crippen molar-refractivity contribution in [2.45, 2.75) is 18.2 Å². The van der Waals surface area contributed by atoms with Crippen molar-refractivity contribution in [3.63, 3.8) is 0 Å². The fourth-order valence-electron chi connectivity index (χ4n) is 3.01. The predicted molar refractivity (Wildman–Crippen MR) is 118 cm³/mol. The SMILES string of the molecule is Cc1cccc2sc(N(CCCN(C)C)C(=O)CS(=O)(=O)c3ccccc3)nc12. The number of carbonyl (C=O) groups excluding carboxylic acids is 1. The molecular formula is C21H25N3O3S2. The third-order valence-corrected chi connectivity index (χ3v) is 7.21. The van der Waals surface area contributed by atoms with E-state index in [0.717, 1.165) is 28.7 Å². The molecule has 0 saturated carbocycles. The lowest BCUT2D eigenvalue weighted by Crippen LogP contribution is -2.37. The summed E-state index contributed by atoms with van der Waals surface area (Å²) < 4.78 is 26.4. The minimum atomic E-state index is -3.72. The Morgan fingerprint density at radius 2 is 1.76 bits per heavy atom. The van der Waals surface area contributed by atoms with Crippen molar-refractivity contribution >= 4 is 42.4 Å². The maximum Gasteiger partial charge on any atom is 0.244 e. The van der Waals surface area contributed by atoms with Crippen LogP contribution >= 0.6 is 11.3 Å². The monoisotopic (exact) mass is 431 g/mol. The van der Waals surface area contributed by atoms with Gasteiger partial charge in [-0.05, 0) is 57.7 Å². The molecule has 0 bridgehead atoms. The van der Waals surface area contributed by atoms with Gasteiger partial charge in [0.15, 0.2) is 15.0 Å². The first-order valence-electron chi connectivity index (χ1n) is 9.37. The van der Waals surface area contributed by atoms with Crippen LogP contribution in [0.1, 0.15) is 12.0 Å². The lowest BCUT2D eigenvalue weighted by molar-refractivity contribution is -0.116. The summed E-state index contributed by atoms with van der Waals surface area (Å²) in [7, 11) is 0.214. The van der Waals surface area contributed by atoms with E-state index in [1.165, 1.54) is 28.4 Å². The van der Waals surface area contributed by atoms with Crippen molar-refractivity contribution < 1.29 is 13.2 Å². The summed E-state index contributed by atoms with van der Waals surface area (Å²) in [4.78, 5) is 21.4. The number of fused-ring (bicyclic) bond motifs is 1. The number of rotatable bonds is 8. The molecule has 1 aromatic heterocycles. The van der Waals surface area contributed by atoms with Crippen LogP contribution in [0, 0.1) is 6.92 Å². The van der Waals surface area contributed by atoms with Gasteiger partial charge >= 0.3 is 0 Å². The van der Waals surface area contributed by atoms with Crippen molar-refractivity contribution in [2.75, 3.05) is 37.8 Å². The number of anilines is 1. The largest absolute Gasteiger partial charge is 0.309 e. The number of carbonyl (C=O) groups is 1. The molecule has 3 aromatic rings. The third-order valence-electron chi connectivity index (χ3n) is 4.54. The highest BCUT2D eigenvalue weighted by Gasteiger charge is 2.26. The summed E-state index contributed by atoms with van der Waals surface area (Å²) in [6.07, 6.45) is 0.721. The second-order valence-electron chi connectivity index (χ2n) is 7.19. The first kappa shape index (κ1) is 21.4. The van der Waals surface area contributed by atoms with Gasteiger partial charge in [0, 0.05) is 6.54 Å². The van der Waals surface area contributed by atoms with E-state index >= 15 is 0 Å². The standard InChI is InChI=1S/C21H25N3O3S2/c1-16-9-7-12-18-20(16)22-21(28-18)24(14-8-13-23(2)3)19(25)15-29(26,27)17-10-5-4-6-11-17/h4-7,9-12H,8,13-15H2,1-3H3. The maximum atomic E-state index is 13.1. The molecule has 8 heteroatoms. The number of nitrogens with zero attached hydrogens (tertiary/aromatic N) is 3. The molecule has 154 valence electrons. The van der Waals surface area contributed by atoms with Crippen molar-refractivity contribution in [1.29, 1.82) is 0 Å². The summed E-state index contributed by atoms with van der Waals surface area (Å²) in [6.45, 7) is 3.18. The first-order valence-corrected chi connectivity index (χ1v) is 11.8. The van der Waals surface area contributed by atoms with E-state index in [1.54, 1.807) is 18.2 Å². The zero-order chi connectivity index (χ0) is 21.0. The Balaban J connectivity index is 1.89. The quantitative estimate of drug-likeness (QED) is 0.547. The molecule has 0 aliphatic heterocycles. The molecule has 0 atom stereocenters. The molecule has 0 aliphatic carbocycles. The number of aromatic nitrogens is 1. The van der Waals surface area contributed by atoms with E-state index in [2.05, 4.69) is 4.98 Å². The van der Waals surface area contributed by atoms with Gasteiger partial charge in [0.25, 0.3) is 0 Å². The minimum Gasteiger partial charge on any atom is -0.309 e. The molecule has 2 aromatic carbocycles. The smallest absolute Gasteiger partial charge is 0.244 e. The van der Waals surface area contributed by atoms with Crippen molar-refractivity contribution in [3.05, 3.63) is 54.1 Å². The van der Waals surface area contributed by atoms with E-state index in [9.17, 15) is 13.2 Å². The van der Waals surface area contributed by atoms with Gasteiger partial charge in [0.05, 0.1) is 15.1 Å². The van der Waals surface area contributed by atoms with Gasteiger partial charge in [-0.15, -0.1) is 0 Å². The zero-order valence-electron chi connectivity index (χ0n) is 16.8. The fraction of sp³-hybridized carbons (Fsp3) is 0.333. The van der Waals surface area contributed by atoms with Crippen LogP contribution in [0.5, 0.6) is 0 Å². The van der Waals surface area contributed by atoms with Gasteiger partial charge in [-0.3, -0.25) is 9.69 Å². The second kappa shape index (κ2) is 9.02. The average Bonchev–Trinajstić information content (AvgIpc) is 3.10. The molecule has 0 aliphatic rings. The molecule has 0 spiro atoms. The summed E-state index contributed by atoms with van der Waals surface area (Å²) in [6, 6.07) is 14.0.